The van der Waals surface area contributed by atoms with Gasteiger partial charge in [-0.3, -0.25) is 14.8 Å². The number of benzene rings is 1. The lowest BCUT2D eigenvalue weighted by Crippen LogP contribution is -2.03. The number of rotatable bonds is 6. The summed E-state index contributed by atoms with van der Waals surface area (Å²) in [6.45, 7) is 0.874. The largest absolute Gasteiger partial charge is 0.394 e. The number of anilines is 1. The summed E-state index contributed by atoms with van der Waals surface area (Å²) in [5, 5.41) is 26.9. The van der Waals surface area contributed by atoms with Crippen LogP contribution in [0.1, 0.15) is 5.56 Å². The van der Waals surface area contributed by atoms with E-state index in [1.54, 1.807) is 29.2 Å². The molecule has 0 saturated carbocycles. The molecule has 1 aromatic carbocycles. The molecule has 0 aliphatic carbocycles. The van der Waals surface area contributed by atoms with Crippen LogP contribution in [0, 0.1) is 10.1 Å². The maximum absolute atomic E-state index is 11.0. The standard InChI is InChI=1S/C12H13BrN4O3/c13-10-1-2-11(12(5-10)17(19)20)14-6-9-7-15-16(8-9)3-4-18/h1-2,5,7-8,14,18H,3-4,6H2. The van der Waals surface area contributed by atoms with E-state index >= 15 is 0 Å². The number of aliphatic hydroxyl groups excluding tert-OH is 1. The summed E-state index contributed by atoms with van der Waals surface area (Å²) >= 11 is 3.21. The smallest absolute Gasteiger partial charge is 0.293 e. The van der Waals surface area contributed by atoms with E-state index in [9.17, 15) is 10.1 Å². The fourth-order valence-corrected chi connectivity index (χ4v) is 2.07. The highest BCUT2D eigenvalue weighted by molar-refractivity contribution is 9.10. The molecule has 20 heavy (non-hydrogen) atoms. The molecule has 0 spiro atoms. The molecule has 0 fully saturated rings. The highest BCUT2D eigenvalue weighted by Gasteiger charge is 2.13. The Morgan fingerprint density at radius 1 is 1.50 bits per heavy atom. The lowest BCUT2D eigenvalue weighted by molar-refractivity contribution is -0.384. The molecule has 7 nitrogen and oxygen atoms in total. The average Bonchev–Trinajstić information content (AvgIpc) is 2.85. The van der Waals surface area contributed by atoms with Crippen LogP contribution in [0.2, 0.25) is 0 Å². The molecule has 0 bridgehead atoms. The second-order valence-electron chi connectivity index (χ2n) is 4.11. The normalized spacial score (nSPS) is 10.5. The summed E-state index contributed by atoms with van der Waals surface area (Å²) < 4.78 is 2.28. The van der Waals surface area contributed by atoms with Gasteiger partial charge in [-0.2, -0.15) is 5.10 Å². The van der Waals surface area contributed by atoms with Crippen molar-refractivity contribution in [1.29, 1.82) is 0 Å². The molecule has 1 aromatic heterocycles. The van der Waals surface area contributed by atoms with Crippen LogP contribution in [-0.2, 0) is 13.1 Å². The monoisotopic (exact) mass is 340 g/mol. The molecule has 106 valence electrons. The number of aromatic nitrogens is 2. The Morgan fingerprint density at radius 3 is 3.00 bits per heavy atom. The zero-order valence-electron chi connectivity index (χ0n) is 10.5. The Bertz CT molecular complexity index is 614. The molecule has 0 aliphatic heterocycles. The van der Waals surface area contributed by atoms with E-state index in [-0.39, 0.29) is 12.3 Å². The molecule has 0 atom stereocenters. The maximum Gasteiger partial charge on any atom is 0.293 e. The van der Waals surface area contributed by atoms with E-state index in [4.69, 9.17) is 5.11 Å². The van der Waals surface area contributed by atoms with E-state index in [0.717, 1.165) is 5.56 Å². The van der Waals surface area contributed by atoms with E-state index < -0.39 is 4.92 Å². The van der Waals surface area contributed by atoms with Gasteiger partial charge in [0.1, 0.15) is 5.69 Å². The van der Waals surface area contributed by atoms with Crippen molar-refractivity contribution in [3.63, 3.8) is 0 Å². The van der Waals surface area contributed by atoms with Gasteiger partial charge in [0.05, 0.1) is 24.3 Å². The number of hydrogen-bond donors (Lipinski definition) is 2. The zero-order chi connectivity index (χ0) is 14.5. The molecular weight excluding hydrogens is 328 g/mol. The van der Waals surface area contributed by atoms with Gasteiger partial charge in [-0.25, -0.2) is 0 Å². The summed E-state index contributed by atoms with van der Waals surface area (Å²) in [5.41, 5.74) is 1.35. The maximum atomic E-state index is 11.0. The van der Waals surface area contributed by atoms with E-state index in [1.165, 1.54) is 6.07 Å². The number of halogens is 1. The summed E-state index contributed by atoms with van der Waals surface area (Å²) in [7, 11) is 0. The number of nitrogens with one attached hydrogen (secondary N) is 1. The SMILES string of the molecule is O=[N+]([O-])c1cc(Br)ccc1NCc1cnn(CCO)c1. The van der Waals surface area contributed by atoms with Gasteiger partial charge in [0.15, 0.2) is 0 Å². The summed E-state index contributed by atoms with van der Waals surface area (Å²) in [6, 6.07) is 4.85. The Balaban J connectivity index is 2.08. The van der Waals surface area contributed by atoms with Crippen molar-refractivity contribution in [1.82, 2.24) is 9.78 Å². The van der Waals surface area contributed by atoms with Crippen molar-refractivity contribution < 1.29 is 10.0 Å². The fourth-order valence-electron chi connectivity index (χ4n) is 1.73. The molecule has 0 aliphatic rings. The summed E-state index contributed by atoms with van der Waals surface area (Å²) in [4.78, 5) is 10.5. The second kappa shape index (κ2) is 6.49. The van der Waals surface area contributed by atoms with Gasteiger partial charge < -0.3 is 10.4 Å². The summed E-state index contributed by atoms with van der Waals surface area (Å²) in [6.07, 6.45) is 3.45. The number of hydrogen-bond acceptors (Lipinski definition) is 5. The Kier molecular flexibility index (Phi) is 4.70. The number of nitro benzene ring substituents is 1. The van der Waals surface area contributed by atoms with Crippen LogP contribution >= 0.6 is 15.9 Å². The number of nitrogens with zero attached hydrogens (tertiary/aromatic N) is 3. The molecule has 0 saturated heterocycles. The number of nitro groups is 1. The van der Waals surface area contributed by atoms with Crippen molar-refractivity contribution in [2.45, 2.75) is 13.1 Å². The van der Waals surface area contributed by atoms with Crippen molar-refractivity contribution in [2.24, 2.45) is 0 Å². The minimum atomic E-state index is -0.428. The van der Waals surface area contributed by atoms with Gasteiger partial charge >= 0.3 is 0 Å². The molecule has 0 unspecified atom stereocenters. The zero-order valence-corrected chi connectivity index (χ0v) is 12.1. The fraction of sp³-hybridized carbons (Fsp3) is 0.250. The minimum absolute atomic E-state index is 0.0159. The molecule has 8 heteroatoms. The third-order valence-electron chi connectivity index (χ3n) is 2.66. The van der Waals surface area contributed by atoms with Crippen molar-refractivity contribution >= 4 is 27.3 Å². The molecular formula is C12H13BrN4O3. The lowest BCUT2D eigenvalue weighted by atomic mass is 10.2. The van der Waals surface area contributed by atoms with Crippen LogP contribution in [0.15, 0.2) is 35.1 Å². The molecule has 2 aromatic rings. The van der Waals surface area contributed by atoms with Crippen LogP contribution < -0.4 is 5.32 Å². The van der Waals surface area contributed by atoms with Gasteiger partial charge in [-0.15, -0.1) is 0 Å². The van der Waals surface area contributed by atoms with Gasteiger partial charge in [0.2, 0.25) is 0 Å². The molecule has 0 amide bonds. The van der Waals surface area contributed by atoms with Crippen LogP contribution in [0.3, 0.4) is 0 Å². The average molecular weight is 341 g/mol. The van der Waals surface area contributed by atoms with Crippen molar-refractivity contribution in [3.05, 3.63) is 50.7 Å². The highest BCUT2D eigenvalue weighted by atomic mass is 79.9. The second-order valence-corrected chi connectivity index (χ2v) is 5.02. The molecule has 0 radical (unpaired) electrons. The molecule has 1 heterocycles. The summed E-state index contributed by atoms with van der Waals surface area (Å²) in [5.74, 6) is 0. The Labute approximate surface area is 123 Å². The first kappa shape index (κ1) is 14.5. The molecule has 2 rings (SSSR count). The predicted octanol–water partition coefficient (Wildman–Crippen LogP) is 2.16. The van der Waals surface area contributed by atoms with Gasteiger partial charge in [-0.05, 0) is 12.1 Å². The third-order valence-corrected chi connectivity index (χ3v) is 3.15. The van der Waals surface area contributed by atoms with Crippen LogP contribution in [-0.4, -0.2) is 26.4 Å². The minimum Gasteiger partial charge on any atom is -0.394 e. The topological polar surface area (TPSA) is 93.2 Å². The van der Waals surface area contributed by atoms with E-state index in [1.807, 2.05) is 0 Å². The first-order valence-electron chi connectivity index (χ1n) is 5.90. The van der Waals surface area contributed by atoms with E-state index in [0.29, 0.717) is 23.2 Å². The van der Waals surface area contributed by atoms with Crippen LogP contribution in [0.25, 0.3) is 0 Å². The van der Waals surface area contributed by atoms with E-state index in [2.05, 4.69) is 26.3 Å². The van der Waals surface area contributed by atoms with Gasteiger partial charge in [-0.1, -0.05) is 15.9 Å². The first-order chi connectivity index (χ1) is 9.60. The van der Waals surface area contributed by atoms with Crippen LogP contribution in [0.4, 0.5) is 11.4 Å². The van der Waals surface area contributed by atoms with Gasteiger partial charge in [0.25, 0.3) is 5.69 Å². The molecule has 2 N–H and O–H groups in total. The number of aliphatic hydroxyl groups is 1. The quantitative estimate of drug-likeness (QED) is 0.620. The first-order valence-corrected chi connectivity index (χ1v) is 6.69. The third kappa shape index (κ3) is 3.55. The van der Waals surface area contributed by atoms with Crippen molar-refractivity contribution in [2.75, 3.05) is 11.9 Å². The van der Waals surface area contributed by atoms with Gasteiger partial charge in [0, 0.05) is 28.8 Å². The van der Waals surface area contributed by atoms with Crippen LogP contribution in [0.5, 0.6) is 0 Å². The predicted molar refractivity (Wildman–Crippen MR) is 77.4 cm³/mol. The van der Waals surface area contributed by atoms with Crippen molar-refractivity contribution in [3.8, 4) is 0 Å². The lowest BCUT2D eigenvalue weighted by Gasteiger charge is -2.06. The Hall–Kier alpha value is -1.93. The Morgan fingerprint density at radius 2 is 2.30 bits per heavy atom. The highest BCUT2D eigenvalue weighted by Crippen LogP contribution is 2.28.